The Hall–Kier alpha value is -13.4. The Kier molecular flexibility index (Phi) is 32.1. The highest BCUT2D eigenvalue weighted by Crippen LogP contribution is 2.43. The van der Waals surface area contributed by atoms with E-state index in [-0.39, 0.29) is 67.8 Å². The number of nitrogen functional groups attached to an aromatic ring is 3. The Morgan fingerprint density at radius 1 is 0.343 bits per heavy atom. The van der Waals surface area contributed by atoms with Crippen LogP contribution in [0.25, 0.3) is 66.2 Å². The smallest absolute Gasteiger partial charge is 0.338 e. The summed E-state index contributed by atoms with van der Waals surface area (Å²) in [7, 11) is 9.87. The first kappa shape index (κ1) is 107. The summed E-state index contributed by atoms with van der Waals surface area (Å²) in [6, 6.07) is 0. The Labute approximate surface area is 806 Å². The summed E-state index contributed by atoms with van der Waals surface area (Å²) in [5, 5.41) is 193. The number of hydrogen-bond donors (Lipinski definition) is 27. The van der Waals surface area contributed by atoms with Crippen molar-refractivity contribution < 1.29 is 154 Å². The van der Waals surface area contributed by atoms with Crippen LogP contribution in [0.3, 0.4) is 0 Å². The minimum Gasteiger partial charge on any atom is -0.478 e. The zero-order valence-electron chi connectivity index (χ0n) is 78.4. The van der Waals surface area contributed by atoms with E-state index in [1.807, 2.05) is 0 Å². The van der Waals surface area contributed by atoms with Crippen molar-refractivity contribution in [3.63, 3.8) is 0 Å². The van der Waals surface area contributed by atoms with Crippen molar-refractivity contribution >= 4 is 131 Å². The quantitative estimate of drug-likeness (QED) is 0.0337. The number of carbonyl (C=O) groups excluding carboxylic acids is 5. The van der Waals surface area contributed by atoms with Gasteiger partial charge in [-0.1, -0.05) is 0 Å². The molecule has 774 valence electrons. The van der Waals surface area contributed by atoms with Crippen molar-refractivity contribution in [2.24, 2.45) is 17.2 Å². The van der Waals surface area contributed by atoms with Gasteiger partial charge < -0.3 is 208 Å². The molecule has 12 aromatic heterocycles. The highest BCUT2D eigenvalue weighted by atomic mass is 16.6. The summed E-state index contributed by atoms with van der Waals surface area (Å²) in [5.41, 5.74) is 36.7. The molecule has 33 N–H and O–H groups in total. The van der Waals surface area contributed by atoms with Gasteiger partial charge in [0, 0.05) is 85.7 Å². The third kappa shape index (κ3) is 20.2. The number of carbonyl (C=O) groups is 6. The molecule has 5 amide bonds. The van der Waals surface area contributed by atoms with Crippen LogP contribution in [0.5, 0.6) is 0 Å². The zero-order valence-corrected chi connectivity index (χ0v) is 78.4. The molecule has 143 heavy (non-hydrogen) atoms. The van der Waals surface area contributed by atoms with Crippen LogP contribution in [0, 0.1) is 41.5 Å². The van der Waals surface area contributed by atoms with E-state index >= 15 is 0 Å². The number of aromatic nitrogens is 18. The van der Waals surface area contributed by atoms with E-state index in [9.17, 15) is 116 Å². The second-order valence-corrected chi connectivity index (χ2v) is 34.2. The molecule has 0 unspecified atom stereocenters. The Balaban J connectivity index is 0.000000144. The van der Waals surface area contributed by atoms with Gasteiger partial charge in [-0.3, -0.25) is 24.0 Å². The Morgan fingerprint density at radius 2 is 0.608 bits per heavy atom. The van der Waals surface area contributed by atoms with Crippen LogP contribution < -0.4 is 49.9 Å². The normalized spacial score (nSPS) is 27.0. The number of carboxylic acid groups (broad SMARTS) is 1. The molecule has 6 aliphatic rings. The molecule has 0 radical (unpaired) electrons. The molecule has 59 nitrogen and oxygen atoms in total. The van der Waals surface area contributed by atoms with Crippen LogP contribution in [0.2, 0.25) is 0 Å². The number of nitrogens with zero attached hydrogens (tertiary/aromatic N) is 20. The third-order valence-electron chi connectivity index (χ3n) is 24.2. The van der Waals surface area contributed by atoms with Gasteiger partial charge in [0.25, 0.3) is 29.5 Å². The standard InChI is InChI=1S/2C15H21N5O5.2C14H19N5O5.C13H16N4O6.C13H16N4O5/c1-6-17-12(16)9-7(14(24)19(2)3)4-20(13(9)18-6)15-11(23)10(22)8(5-21)25-15;1-6-17-13(19(2)3)9-7(12(16)24)4-20(14(9)18-6)15-11(23)10(22)8(5-21)25-15;1-5-17-11(15)8-6(13(23)16-2)3-19(12(8)18-5)14-10(22)9(21)7(4-20)24-14;1-5-17-12(16-2)8-6(11(15)23)3-19(13(8)18-5)14-10(22)9(21)7(4-20)24-14;1-4-15-10(14)7-5(13(21)22)2-17(11(7)16-4)12-9(20)8(19)6(3-18)23-12;1-5-15-2-6-7(11(14)21)3-17(12(6)16-5)13-10(20)9(19)8(4-18)22-13/h4,8,10-11,15,21-23H,5H2,1-3H3,(H2,16,17,18);4,8,10-11,15,21-23H,5H2,1-3H3,(H2,16,24);3,7,9-10,14,20-22H,4H2,1-2H3,(H,16,23)(H2,15,17,18);3,7,9-10,14,20-22H,4H2,1-2H3,(H2,15,23)(H,16,17,18);2,6,8-9,12,18-20H,3H2,1H3,(H,21,22)(H2,14,15,16);2-3,8-10,13,18-20H,4H2,1H3,(H2,14,21)/t2*8-,10-,11-,15-;2*7-,9-,10-,14-;6-,8-,9-,12-;8-,9-,10-,13-/m111111/s1. The molecule has 0 bridgehead atoms. The number of aryl methyl sites for hydroxylation is 6. The molecule has 59 heteroatoms. The van der Waals surface area contributed by atoms with Crippen molar-refractivity contribution in [2.45, 2.75) is 189 Å². The number of amides is 5. The zero-order chi connectivity index (χ0) is 105. The number of primary amides is 3. The second kappa shape index (κ2) is 43.0. The first-order valence-corrected chi connectivity index (χ1v) is 43.8. The number of aliphatic hydroxyl groups is 18. The van der Waals surface area contributed by atoms with Gasteiger partial charge in [-0.05, 0) is 41.5 Å². The molecular formula is C84H112N28O31. The maximum Gasteiger partial charge on any atom is 0.338 e. The van der Waals surface area contributed by atoms with Crippen LogP contribution in [-0.2, 0) is 28.4 Å². The van der Waals surface area contributed by atoms with Crippen LogP contribution >= 0.6 is 0 Å². The van der Waals surface area contributed by atoms with Gasteiger partial charge in [-0.2, -0.15) is 0 Å². The lowest BCUT2D eigenvalue weighted by Gasteiger charge is -2.18. The molecule has 6 aliphatic heterocycles. The number of nitrogens with two attached hydrogens (primary N) is 6. The molecule has 0 saturated carbocycles. The van der Waals surface area contributed by atoms with E-state index < -0.39 is 216 Å². The van der Waals surface area contributed by atoms with Crippen LogP contribution in [0.1, 0.15) is 134 Å². The number of rotatable bonds is 20. The largest absolute Gasteiger partial charge is 0.478 e. The molecule has 6 saturated heterocycles. The first-order chi connectivity index (χ1) is 67.6. The number of hydrogen-bond acceptors (Lipinski definition) is 47. The summed E-state index contributed by atoms with van der Waals surface area (Å²) in [6.07, 6.45) is -17.4. The van der Waals surface area contributed by atoms with Crippen LogP contribution in [0.4, 0.5) is 29.1 Å². The van der Waals surface area contributed by atoms with Gasteiger partial charge in [0.05, 0.1) is 105 Å². The number of aromatic carboxylic acids is 1. The average molecular weight is 2010 g/mol. The van der Waals surface area contributed by atoms with Crippen LogP contribution in [-0.4, -0.2) is 416 Å². The fourth-order valence-corrected chi connectivity index (χ4v) is 17.2. The van der Waals surface area contributed by atoms with Gasteiger partial charge in [-0.25, -0.2) is 64.6 Å². The van der Waals surface area contributed by atoms with Gasteiger partial charge in [0.15, 0.2) is 37.4 Å². The highest BCUT2D eigenvalue weighted by molar-refractivity contribution is 6.13. The van der Waals surface area contributed by atoms with E-state index in [4.69, 9.17) is 73.0 Å². The average Bonchev–Trinajstić information content (AvgIpc) is 1.60. The Bertz CT molecular complexity index is 6770. The number of ether oxygens (including phenoxy) is 6. The number of fused-ring (bicyclic) bond motifs is 6. The highest BCUT2D eigenvalue weighted by Gasteiger charge is 2.51. The van der Waals surface area contributed by atoms with Crippen molar-refractivity contribution in [2.75, 3.05) is 109 Å². The minimum atomic E-state index is -1.36. The first-order valence-electron chi connectivity index (χ1n) is 43.8. The maximum absolute atomic E-state index is 12.5. The van der Waals surface area contributed by atoms with Crippen molar-refractivity contribution in [1.29, 1.82) is 0 Å². The molecule has 12 aromatic rings. The summed E-state index contributed by atoms with van der Waals surface area (Å²) in [4.78, 5) is 125. The topological polar surface area (TPSA) is 913 Å². The second-order valence-electron chi connectivity index (χ2n) is 34.2. The number of anilines is 5. The summed E-state index contributed by atoms with van der Waals surface area (Å²) in [5.74, 6) is -0.342. The van der Waals surface area contributed by atoms with Crippen molar-refractivity contribution in [3.8, 4) is 0 Å². The minimum absolute atomic E-state index is 0.00427. The van der Waals surface area contributed by atoms with E-state index in [1.54, 1.807) is 81.7 Å². The fraction of sp³-hybridized carbons (Fsp3) is 0.500. The summed E-state index contributed by atoms with van der Waals surface area (Å²) in [6.45, 7) is 7.20. The van der Waals surface area contributed by atoms with Gasteiger partial charge in [0.1, 0.15) is 208 Å². The summed E-state index contributed by atoms with van der Waals surface area (Å²) >= 11 is 0. The van der Waals surface area contributed by atoms with E-state index in [0.29, 0.717) is 102 Å². The van der Waals surface area contributed by atoms with Crippen molar-refractivity contribution in [1.82, 2.24) is 97.4 Å². The third-order valence-corrected chi connectivity index (χ3v) is 24.2. The molecular weight excluding hydrogens is 1900 g/mol. The lowest BCUT2D eigenvalue weighted by molar-refractivity contribution is -0.0509. The van der Waals surface area contributed by atoms with Crippen LogP contribution in [0.15, 0.2) is 43.4 Å². The molecule has 24 atom stereocenters. The lowest BCUT2D eigenvalue weighted by atomic mass is 10.1. The fourth-order valence-electron chi connectivity index (χ4n) is 17.2. The SMILES string of the molecule is CNC(=O)c1cn([C@@H]2O[C@H](CO)[C@@H](O)[C@H]2O)c2nc(C)nc(N)c12.CNc1nc(C)nc2c1c(C(N)=O)cn2[C@@H]1O[C@H](CO)[C@@H](O)[C@H]1O.Cc1nc(N(C)C)c2c(C(N)=O)cn([C@@H]3O[C@H](CO)[C@@H](O)[C@H]3O)c2n1.Cc1nc(N)c2c(C(=O)N(C)C)cn([C@@H]3O[C@H](CO)[C@@H](O)[C@H]3O)c2n1.Cc1nc(N)c2c(C(=O)O)cn([C@@H]3O[C@H](CO)[C@@H](O)[C@H]3O)c2n1.Cc1ncc2c(C(N)=O)cn([C@@H]3O[C@H](CO)[C@@H](O)[C@H]3O)c2n1. The Morgan fingerprint density at radius 3 is 0.909 bits per heavy atom. The molecule has 18 rings (SSSR count). The van der Waals surface area contributed by atoms with Gasteiger partial charge in [-0.15, -0.1) is 0 Å². The molecule has 0 aliphatic carbocycles. The monoisotopic (exact) mass is 2010 g/mol. The maximum atomic E-state index is 12.5. The number of aliphatic hydroxyl groups excluding tert-OH is 18. The number of carboxylic acids is 1. The predicted molar refractivity (Wildman–Crippen MR) is 493 cm³/mol. The molecule has 0 spiro atoms. The molecule has 6 fully saturated rings. The van der Waals surface area contributed by atoms with E-state index in [2.05, 4.69) is 70.4 Å². The summed E-state index contributed by atoms with van der Waals surface area (Å²) < 4.78 is 41.5. The number of nitrogens with one attached hydrogen (secondary N) is 2. The van der Waals surface area contributed by atoms with E-state index in [1.165, 1.54) is 82.7 Å². The van der Waals surface area contributed by atoms with Gasteiger partial charge in [0.2, 0.25) is 0 Å². The van der Waals surface area contributed by atoms with Crippen molar-refractivity contribution in [3.05, 3.63) is 112 Å². The van der Waals surface area contributed by atoms with Gasteiger partial charge >= 0.3 is 5.97 Å². The molecule has 18 heterocycles. The molecule has 0 aromatic carbocycles. The lowest BCUT2D eigenvalue weighted by Crippen LogP contribution is -2.33. The van der Waals surface area contributed by atoms with E-state index in [0.717, 1.165) is 0 Å². The predicted octanol–water partition coefficient (Wildman–Crippen LogP) is -8.98.